The van der Waals surface area contributed by atoms with Crippen LogP contribution in [0.4, 0.5) is 5.69 Å². The SMILES string of the molecule is NCc1cccc(-c2cc(COc3ccccc3COC=O)cc(N3CC4(CCCCC4)C3)c2)c1. The summed E-state index contributed by atoms with van der Waals surface area (Å²) in [7, 11) is 0. The normalized spacial score (nSPS) is 16.5. The van der Waals surface area contributed by atoms with Crippen LogP contribution in [0.25, 0.3) is 11.1 Å². The lowest BCUT2D eigenvalue weighted by atomic mass is 9.68. The molecule has 0 aromatic heterocycles. The maximum atomic E-state index is 10.7. The second kappa shape index (κ2) is 10.5. The Morgan fingerprint density at radius 3 is 2.46 bits per heavy atom. The molecular weight excluding hydrogens is 436 g/mol. The highest BCUT2D eigenvalue weighted by atomic mass is 16.5. The van der Waals surface area contributed by atoms with Crippen LogP contribution >= 0.6 is 0 Å². The molecule has 1 spiro atoms. The molecule has 1 saturated carbocycles. The van der Waals surface area contributed by atoms with Crippen molar-refractivity contribution in [1.29, 1.82) is 0 Å². The van der Waals surface area contributed by atoms with Crippen LogP contribution in [0, 0.1) is 5.41 Å². The van der Waals surface area contributed by atoms with E-state index in [1.54, 1.807) is 0 Å². The van der Waals surface area contributed by atoms with E-state index in [9.17, 15) is 4.79 Å². The minimum Gasteiger partial charge on any atom is -0.488 e. The number of carbonyl (C=O) groups excluding carboxylic acids is 1. The first-order valence-electron chi connectivity index (χ1n) is 12.6. The molecule has 5 nitrogen and oxygen atoms in total. The van der Waals surface area contributed by atoms with Gasteiger partial charge >= 0.3 is 0 Å². The highest BCUT2D eigenvalue weighted by Gasteiger charge is 2.43. The minimum absolute atomic E-state index is 0.201. The summed E-state index contributed by atoms with van der Waals surface area (Å²) in [6.45, 7) is 3.92. The topological polar surface area (TPSA) is 64.8 Å². The summed E-state index contributed by atoms with van der Waals surface area (Å²) in [4.78, 5) is 13.2. The highest BCUT2D eigenvalue weighted by Crippen LogP contribution is 2.46. The van der Waals surface area contributed by atoms with E-state index in [0.29, 0.717) is 25.0 Å². The Bertz CT molecular complexity index is 1160. The number of anilines is 1. The Kier molecular flexibility index (Phi) is 7.05. The van der Waals surface area contributed by atoms with Crippen molar-refractivity contribution < 1.29 is 14.3 Å². The second-order valence-corrected chi connectivity index (χ2v) is 10.0. The average molecular weight is 471 g/mol. The summed E-state index contributed by atoms with van der Waals surface area (Å²) < 4.78 is 11.2. The molecule has 1 aliphatic carbocycles. The third kappa shape index (κ3) is 5.35. The van der Waals surface area contributed by atoms with Crippen LogP contribution in [-0.4, -0.2) is 19.6 Å². The molecule has 1 heterocycles. The Hall–Kier alpha value is -3.31. The predicted octanol–water partition coefficient (Wildman–Crippen LogP) is 5.83. The largest absolute Gasteiger partial charge is 0.488 e. The maximum absolute atomic E-state index is 10.7. The van der Waals surface area contributed by atoms with Gasteiger partial charge in [-0.3, -0.25) is 4.79 Å². The zero-order valence-electron chi connectivity index (χ0n) is 20.2. The molecule has 5 heteroatoms. The van der Waals surface area contributed by atoms with Crippen LogP contribution in [0.2, 0.25) is 0 Å². The van der Waals surface area contributed by atoms with Gasteiger partial charge in [-0.05, 0) is 65.4 Å². The number of hydrogen-bond donors (Lipinski definition) is 1. The lowest BCUT2D eigenvalue weighted by molar-refractivity contribution is -0.129. The van der Waals surface area contributed by atoms with E-state index in [-0.39, 0.29) is 6.61 Å². The molecule has 3 aromatic rings. The summed E-state index contributed by atoms with van der Waals surface area (Å²) in [6, 6.07) is 22.9. The van der Waals surface area contributed by atoms with Crippen molar-refractivity contribution in [2.45, 2.75) is 51.9 Å². The molecule has 2 aliphatic rings. The maximum Gasteiger partial charge on any atom is 0.293 e. The molecule has 0 bridgehead atoms. The van der Waals surface area contributed by atoms with Crippen LogP contribution < -0.4 is 15.4 Å². The van der Waals surface area contributed by atoms with E-state index in [1.807, 2.05) is 24.3 Å². The summed E-state index contributed by atoms with van der Waals surface area (Å²) in [5.74, 6) is 0.733. The summed E-state index contributed by atoms with van der Waals surface area (Å²) in [5.41, 5.74) is 13.1. The van der Waals surface area contributed by atoms with Crippen molar-refractivity contribution in [3.05, 3.63) is 83.4 Å². The van der Waals surface area contributed by atoms with E-state index in [1.165, 1.54) is 48.9 Å². The molecule has 2 fully saturated rings. The molecule has 0 atom stereocenters. The Morgan fingerprint density at radius 1 is 0.857 bits per heavy atom. The number of hydrogen-bond acceptors (Lipinski definition) is 5. The number of para-hydroxylation sites is 1. The first-order chi connectivity index (χ1) is 17.2. The van der Waals surface area contributed by atoms with E-state index in [4.69, 9.17) is 15.2 Å². The number of rotatable bonds is 9. The smallest absolute Gasteiger partial charge is 0.293 e. The van der Waals surface area contributed by atoms with Crippen LogP contribution in [0.15, 0.2) is 66.7 Å². The van der Waals surface area contributed by atoms with Crippen molar-refractivity contribution >= 4 is 12.2 Å². The van der Waals surface area contributed by atoms with Gasteiger partial charge in [-0.2, -0.15) is 0 Å². The zero-order chi connectivity index (χ0) is 24.1. The fraction of sp³-hybridized carbons (Fsp3) is 0.367. The standard InChI is InChI=1S/C30H34N2O3/c31-17-23-7-6-9-25(13-23)27-14-24(18-35-29-10-3-2-8-26(29)19-34-22-33)15-28(16-27)32-20-30(21-32)11-4-1-5-12-30/h2-3,6-10,13-16,22H,1,4-5,11-12,17-21,31H2. The number of nitrogens with zero attached hydrogens (tertiary/aromatic N) is 1. The van der Waals surface area contributed by atoms with Gasteiger partial charge in [0.2, 0.25) is 0 Å². The molecule has 182 valence electrons. The fourth-order valence-electron chi connectivity index (χ4n) is 5.60. The highest BCUT2D eigenvalue weighted by molar-refractivity contribution is 5.71. The molecule has 1 aliphatic heterocycles. The quantitative estimate of drug-likeness (QED) is 0.398. The number of ether oxygens (including phenoxy) is 2. The van der Waals surface area contributed by atoms with E-state index >= 15 is 0 Å². The van der Waals surface area contributed by atoms with Gasteiger partial charge in [-0.15, -0.1) is 0 Å². The van der Waals surface area contributed by atoms with Crippen molar-refractivity contribution in [3.63, 3.8) is 0 Å². The molecule has 5 rings (SSSR count). The van der Waals surface area contributed by atoms with Gasteiger partial charge in [-0.25, -0.2) is 0 Å². The third-order valence-electron chi connectivity index (χ3n) is 7.48. The van der Waals surface area contributed by atoms with E-state index < -0.39 is 0 Å². The van der Waals surface area contributed by atoms with E-state index in [2.05, 4.69) is 47.4 Å². The summed E-state index contributed by atoms with van der Waals surface area (Å²) in [5, 5.41) is 0. The average Bonchev–Trinajstić information content (AvgIpc) is 2.90. The predicted molar refractivity (Wildman–Crippen MR) is 139 cm³/mol. The van der Waals surface area contributed by atoms with Crippen molar-refractivity contribution in [2.75, 3.05) is 18.0 Å². The van der Waals surface area contributed by atoms with Gasteiger partial charge in [0.25, 0.3) is 6.47 Å². The molecule has 2 N–H and O–H groups in total. The van der Waals surface area contributed by atoms with Crippen molar-refractivity contribution in [2.24, 2.45) is 11.1 Å². The van der Waals surface area contributed by atoms with Crippen molar-refractivity contribution in [3.8, 4) is 16.9 Å². The molecule has 35 heavy (non-hydrogen) atoms. The first kappa shape index (κ1) is 23.4. The fourth-order valence-corrected chi connectivity index (χ4v) is 5.60. The summed E-state index contributed by atoms with van der Waals surface area (Å²) >= 11 is 0. The third-order valence-corrected chi connectivity index (χ3v) is 7.48. The van der Waals surface area contributed by atoms with Crippen molar-refractivity contribution in [1.82, 2.24) is 0 Å². The first-order valence-corrected chi connectivity index (χ1v) is 12.6. The summed E-state index contributed by atoms with van der Waals surface area (Å²) in [6.07, 6.45) is 6.84. The second-order valence-electron chi connectivity index (χ2n) is 10.0. The van der Waals surface area contributed by atoms with Crippen LogP contribution in [-0.2, 0) is 29.3 Å². The molecule has 0 amide bonds. The number of benzene rings is 3. The van der Waals surface area contributed by atoms with Crippen LogP contribution in [0.3, 0.4) is 0 Å². The lowest BCUT2D eigenvalue weighted by Gasteiger charge is -2.53. The molecule has 1 saturated heterocycles. The Balaban J connectivity index is 1.41. The zero-order valence-corrected chi connectivity index (χ0v) is 20.2. The molecule has 3 aromatic carbocycles. The van der Waals surface area contributed by atoms with Gasteiger partial charge in [0.1, 0.15) is 19.0 Å². The van der Waals surface area contributed by atoms with Crippen LogP contribution in [0.5, 0.6) is 5.75 Å². The molecular formula is C30H34N2O3. The Morgan fingerprint density at radius 2 is 1.66 bits per heavy atom. The molecule has 0 unspecified atom stereocenters. The van der Waals surface area contributed by atoms with Gasteiger partial charge in [0.05, 0.1) is 0 Å². The van der Waals surface area contributed by atoms with E-state index in [0.717, 1.165) is 35.5 Å². The number of carbonyl (C=O) groups is 1. The van der Waals surface area contributed by atoms with Crippen LogP contribution in [0.1, 0.15) is 48.8 Å². The van der Waals surface area contributed by atoms with Gasteiger partial charge in [-0.1, -0.05) is 55.7 Å². The van der Waals surface area contributed by atoms with Gasteiger partial charge < -0.3 is 20.1 Å². The van der Waals surface area contributed by atoms with Gasteiger partial charge in [0.15, 0.2) is 0 Å². The van der Waals surface area contributed by atoms with Gasteiger partial charge in [0, 0.05) is 36.3 Å². The minimum atomic E-state index is 0.201. The number of nitrogens with two attached hydrogens (primary N) is 1. The molecule has 0 radical (unpaired) electrons. The Labute approximate surface area is 207 Å². The lowest BCUT2D eigenvalue weighted by Crippen LogP contribution is -2.57. The monoisotopic (exact) mass is 470 g/mol.